The molecule has 128 valence electrons. The minimum Gasteiger partial charge on any atom is -0.295 e. The highest BCUT2D eigenvalue weighted by Gasteiger charge is 2.23. The molecule has 2 nitrogen and oxygen atoms in total. The Hall–Kier alpha value is -2.16. The van der Waals surface area contributed by atoms with Gasteiger partial charge in [-0.25, -0.2) is 0 Å². The quantitative estimate of drug-likeness (QED) is 0.458. The Balaban J connectivity index is 0.00000113. The molecule has 1 aliphatic rings. The summed E-state index contributed by atoms with van der Waals surface area (Å²) < 4.78 is 0. The molecule has 1 heterocycles. The molecule has 25 heavy (non-hydrogen) atoms. The number of aromatic nitrogens is 1. The summed E-state index contributed by atoms with van der Waals surface area (Å²) in [5.41, 5.74) is 8.41. The zero-order valence-corrected chi connectivity index (χ0v) is 15.5. The molecule has 0 amide bonds. The van der Waals surface area contributed by atoms with E-state index in [2.05, 4.69) is 35.3 Å². The van der Waals surface area contributed by atoms with E-state index in [0.717, 1.165) is 24.0 Å². The lowest BCUT2D eigenvalue weighted by molar-refractivity contribution is 0.101. The van der Waals surface area contributed by atoms with Gasteiger partial charge in [-0.2, -0.15) is 0 Å². The fraction of sp³-hybridized carbons (Fsp3) is 0.143. The van der Waals surface area contributed by atoms with Gasteiger partial charge in [-0.3, -0.25) is 9.78 Å². The van der Waals surface area contributed by atoms with Crippen molar-refractivity contribution in [1.82, 2.24) is 4.98 Å². The normalized spacial score (nSPS) is 10.9. The molecule has 4 rings (SSSR count). The lowest BCUT2D eigenvalue weighted by Crippen LogP contribution is -2.05. The zero-order chi connectivity index (χ0) is 15.8. The summed E-state index contributed by atoms with van der Waals surface area (Å²) >= 11 is 0. The van der Waals surface area contributed by atoms with Crippen molar-refractivity contribution in [2.75, 3.05) is 0 Å². The van der Waals surface area contributed by atoms with Crippen LogP contribution in [0.5, 0.6) is 0 Å². The second-order valence-electron chi connectivity index (χ2n) is 6.04. The summed E-state index contributed by atoms with van der Waals surface area (Å²) in [5.74, 6) is 0.132. The fourth-order valence-electron chi connectivity index (χ4n) is 3.51. The number of carbonyl (C=O) groups excluding carboxylic acids is 1. The van der Waals surface area contributed by atoms with Crippen molar-refractivity contribution < 1.29 is 4.79 Å². The molecule has 0 unspecified atom stereocenters. The van der Waals surface area contributed by atoms with Gasteiger partial charge in [0.25, 0.3) is 0 Å². The second-order valence-corrected chi connectivity index (χ2v) is 6.04. The zero-order valence-electron chi connectivity index (χ0n) is 13.9. The Morgan fingerprint density at radius 3 is 2.40 bits per heavy atom. The molecular weight excluding hydrogens is 353 g/mol. The highest BCUT2D eigenvalue weighted by Crippen LogP contribution is 2.40. The van der Waals surface area contributed by atoms with Crippen molar-refractivity contribution >= 4 is 30.6 Å². The monoisotopic (exact) mass is 371 g/mol. The second kappa shape index (κ2) is 7.81. The third kappa shape index (κ3) is 3.46. The van der Waals surface area contributed by atoms with Crippen LogP contribution in [-0.4, -0.2) is 10.8 Å². The minimum absolute atomic E-state index is 0. The SMILES string of the molecule is CC(=O)c1ccc2c(c1Cc1ccncc1)Cc1ccccc1-2.Cl.Cl. The molecule has 0 bridgehead atoms. The van der Waals surface area contributed by atoms with Crippen molar-refractivity contribution in [3.05, 3.63) is 88.7 Å². The average Bonchev–Trinajstić information content (AvgIpc) is 2.95. The minimum atomic E-state index is 0. The summed E-state index contributed by atoms with van der Waals surface area (Å²) in [6, 6.07) is 16.6. The summed E-state index contributed by atoms with van der Waals surface area (Å²) in [6.45, 7) is 1.65. The maximum atomic E-state index is 12.1. The predicted octanol–water partition coefficient (Wildman–Crippen LogP) is 5.29. The van der Waals surface area contributed by atoms with Crippen LogP contribution in [0.4, 0.5) is 0 Å². The van der Waals surface area contributed by atoms with Crippen molar-refractivity contribution in [1.29, 1.82) is 0 Å². The molecule has 0 aliphatic heterocycles. The van der Waals surface area contributed by atoms with Crippen LogP contribution < -0.4 is 0 Å². The first-order valence-electron chi connectivity index (χ1n) is 7.87. The molecule has 0 radical (unpaired) electrons. The Labute approximate surface area is 160 Å². The first-order chi connectivity index (χ1) is 11.2. The van der Waals surface area contributed by atoms with E-state index in [4.69, 9.17) is 0 Å². The van der Waals surface area contributed by atoms with Crippen LogP contribution in [0.3, 0.4) is 0 Å². The third-order valence-electron chi connectivity index (χ3n) is 4.62. The first-order valence-corrected chi connectivity index (χ1v) is 7.87. The van der Waals surface area contributed by atoms with Gasteiger partial charge < -0.3 is 0 Å². The molecule has 0 saturated carbocycles. The number of hydrogen-bond acceptors (Lipinski definition) is 2. The van der Waals surface area contributed by atoms with E-state index in [1.54, 1.807) is 19.3 Å². The van der Waals surface area contributed by atoms with E-state index in [-0.39, 0.29) is 30.6 Å². The predicted molar refractivity (Wildman–Crippen MR) is 106 cm³/mol. The van der Waals surface area contributed by atoms with Gasteiger partial charge in [0, 0.05) is 18.0 Å². The van der Waals surface area contributed by atoms with Crippen molar-refractivity contribution in [2.45, 2.75) is 19.8 Å². The molecule has 0 atom stereocenters. The fourth-order valence-corrected chi connectivity index (χ4v) is 3.51. The number of halogens is 2. The molecular formula is C21H19Cl2NO. The van der Waals surface area contributed by atoms with Gasteiger partial charge in [0.1, 0.15) is 0 Å². The van der Waals surface area contributed by atoms with E-state index in [0.29, 0.717) is 0 Å². The number of carbonyl (C=O) groups is 1. The highest BCUT2D eigenvalue weighted by atomic mass is 35.5. The van der Waals surface area contributed by atoms with Crippen LogP contribution in [0.25, 0.3) is 11.1 Å². The average molecular weight is 372 g/mol. The standard InChI is InChI=1S/C21H17NO.2ClH/c1-14(23)17-6-7-19-18-5-3-2-4-16(18)13-21(19)20(17)12-15-8-10-22-11-9-15;;/h2-11H,12-13H2,1H3;2*1H. The topological polar surface area (TPSA) is 30.0 Å². The van der Waals surface area contributed by atoms with E-state index in [1.807, 2.05) is 18.2 Å². The van der Waals surface area contributed by atoms with Crippen molar-refractivity contribution in [3.8, 4) is 11.1 Å². The molecule has 1 aliphatic carbocycles. The van der Waals surface area contributed by atoms with Gasteiger partial charge in [-0.1, -0.05) is 36.4 Å². The molecule has 0 fully saturated rings. The molecule has 0 spiro atoms. The summed E-state index contributed by atoms with van der Waals surface area (Å²) in [6.07, 6.45) is 5.29. The van der Waals surface area contributed by atoms with Gasteiger partial charge in [-0.05, 0) is 65.3 Å². The first kappa shape index (κ1) is 19.2. The maximum absolute atomic E-state index is 12.1. The third-order valence-corrected chi connectivity index (χ3v) is 4.62. The van der Waals surface area contributed by atoms with E-state index >= 15 is 0 Å². The van der Waals surface area contributed by atoms with Crippen molar-refractivity contribution in [3.63, 3.8) is 0 Å². The smallest absolute Gasteiger partial charge is 0.160 e. The van der Waals surface area contributed by atoms with Crippen LogP contribution in [0.2, 0.25) is 0 Å². The molecule has 3 aromatic rings. The largest absolute Gasteiger partial charge is 0.295 e. The van der Waals surface area contributed by atoms with E-state index in [1.165, 1.54) is 27.8 Å². The Kier molecular flexibility index (Phi) is 5.99. The van der Waals surface area contributed by atoms with Gasteiger partial charge in [0.15, 0.2) is 5.78 Å². The number of fused-ring (bicyclic) bond motifs is 3. The lowest BCUT2D eigenvalue weighted by atomic mass is 9.90. The number of hydrogen-bond donors (Lipinski definition) is 0. The molecule has 4 heteroatoms. The van der Waals surface area contributed by atoms with Gasteiger partial charge in [0.05, 0.1) is 0 Å². The number of benzene rings is 2. The molecule has 0 N–H and O–H groups in total. The van der Waals surface area contributed by atoms with Crippen molar-refractivity contribution in [2.24, 2.45) is 0 Å². The lowest BCUT2D eigenvalue weighted by Gasteiger charge is -2.13. The number of nitrogens with zero attached hydrogens (tertiary/aromatic N) is 1. The van der Waals surface area contributed by atoms with Crippen LogP contribution in [0.1, 0.15) is 39.5 Å². The molecule has 2 aromatic carbocycles. The maximum Gasteiger partial charge on any atom is 0.160 e. The van der Waals surface area contributed by atoms with E-state index in [9.17, 15) is 4.79 Å². The number of ketones is 1. The van der Waals surface area contributed by atoms with Gasteiger partial charge in [-0.15, -0.1) is 24.8 Å². The van der Waals surface area contributed by atoms with Crippen LogP contribution in [0.15, 0.2) is 60.9 Å². The van der Waals surface area contributed by atoms with Crippen LogP contribution >= 0.6 is 24.8 Å². The Morgan fingerprint density at radius 1 is 0.960 bits per heavy atom. The van der Waals surface area contributed by atoms with Crippen LogP contribution in [0, 0.1) is 0 Å². The van der Waals surface area contributed by atoms with Gasteiger partial charge in [0.2, 0.25) is 0 Å². The summed E-state index contributed by atoms with van der Waals surface area (Å²) in [7, 11) is 0. The Morgan fingerprint density at radius 2 is 1.68 bits per heavy atom. The number of Topliss-reactive ketones (excluding diaryl/α,β-unsaturated/α-hetero) is 1. The number of pyridine rings is 1. The highest BCUT2D eigenvalue weighted by molar-refractivity contribution is 5.97. The molecule has 0 saturated heterocycles. The summed E-state index contributed by atoms with van der Waals surface area (Å²) in [4.78, 5) is 16.2. The Bertz CT molecular complexity index is 907. The van der Waals surface area contributed by atoms with Gasteiger partial charge >= 0.3 is 0 Å². The number of rotatable bonds is 3. The van der Waals surface area contributed by atoms with Crippen LogP contribution in [-0.2, 0) is 12.8 Å². The molecule has 1 aromatic heterocycles. The summed E-state index contributed by atoms with van der Waals surface area (Å²) in [5, 5.41) is 0. The van der Waals surface area contributed by atoms with E-state index < -0.39 is 0 Å².